The standard InChI is InChI=1S/C15H16N4O5/c1-18-9-12(19(23)24)13(17-18)14(20)16-8-11(15(21)22)7-10-5-3-2-4-6-10/h2-6,9,11H,7-8H2,1H3,(H,16,20)(H,21,22). The summed E-state index contributed by atoms with van der Waals surface area (Å²) < 4.78 is 1.16. The summed E-state index contributed by atoms with van der Waals surface area (Å²) in [6.45, 7) is -0.156. The number of rotatable bonds is 7. The normalized spacial score (nSPS) is 11.7. The second-order valence-electron chi connectivity index (χ2n) is 5.23. The fourth-order valence-electron chi connectivity index (χ4n) is 2.22. The van der Waals surface area contributed by atoms with Crippen molar-refractivity contribution in [3.8, 4) is 0 Å². The minimum Gasteiger partial charge on any atom is -0.481 e. The van der Waals surface area contributed by atoms with Gasteiger partial charge in [0.15, 0.2) is 0 Å². The number of carboxylic acids is 1. The maximum absolute atomic E-state index is 12.1. The van der Waals surface area contributed by atoms with Gasteiger partial charge in [0.25, 0.3) is 5.91 Å². The Balaban J connectivity index is 2.05. The van der Waals surface area contributed by atoms with Gasteiger partial charge in [0.05, 0.1) is 10.8 Å². The largest absolute Gasteiger partial charge is 0.481 e. The summed E-state index contributed by atoms with van der Waals surface area (Å²) in [5, 5.41) is 26.4. The molecule has 9 nitrogen and oxygen atoms in total. The number of nitrogens with one attached hydrogen (secondary N) is 1. The number of carbonyl (C=O) groups is 2. The lowest BCUT2D eigenvalue weighted by Crippen LogP contribution is -2.34. The maximum Gasteiger partial charge on any atom is 0.320 e. The van der Waals surface area contributed by atoms with Gasteiger partial charge in [-0.15, -0.1) is 0 Å². The van der Waals surface area contributed by atoms with Gasteiger partial charge in [-0.25, -0.2) is 0 Å². The summed E-state index contributed by atoms with van der Waals surface area (Å²) in [5.74, 6) is -2.68. The Morgan fingerprint density at radius 3 is 2.62 bits per heavy atom. The molecule has 0 saturated carbocycles. The smallest absolute Gasteiger partial charge is 0.320 e. The first-order valence-corrected chi connectivity index (χ1v) is 7.11. The third-order valence-electron chi connectivity index (χ3n) is 3.40. The van der Waals surface area contributed by atoms with Crippen LogP contribution in [0.4, 0.5) is 5.69 Å². The van der Waals surface area contributed by atoms with Crippen LogP contribution in [0.3, 0.4) is 0 Å². The van der Waals surface area contributed by atoms with E-state index in [1.807, 2.05) is 6.07 Å². The second-order valence-corrected chi connectivity index (χ2v) is 5.23. The number of nitro groups is 1. The fourth-order valence-corrected chi connectivity index (χ4v) is 2.22. The van der Waals surface area contributed by atoms with Crippen molar-refractivity contribution in [2.24, 2.45) is 13.0 Å². The lowest BCUT2D eigenvalue weighted by Gasteiger charge is -2.13. The van der Waals surface area contributed by atoms with Crippen LogP contribution < -0.4 is 5.32 Å². The highest BCUT2D eigenvalue weighted by atomic mass is 16.6. The number of nitrogens with zero attached hydrogens (tertiary/aromatic N) is 3. The van der Waals surface area contributed by atoms with Gasteiger partial charge in [0.1, 0.15) is 6.20 Å². The molecule has 1 aromatic heterocycles. The molecule has 1 amide bonds. The number of aryl methyl sites for hydroxylation is 1. The average molecular weight is 332 g/mol. The van der Waals surface area contributed by atoms with Gasteiger partial charge < -0.3 is 10.4 Å². The molecule has 2 N–H and O–H groups in total. The van der Waals surface area contributed by atoms with Crippen molar-refractivity contribution >= 4 is 17.6 Å². The van der Waals surface area contributed by atoms with Crippen molar-refractivity contribution in [1.29, 1.82) is 0 Å². The van der Waals surface area contributed by atoms with Crippen LogP contribution in [0.2, 0.25) is 0 Å². The molecular formula is C15H16N4O5. The molecule has 1 unspecified atom stereocenters. The lowest BCUT2D eigenvalue weighted by molar-refractivity contribution is -0.385. The molecule has 0 saturated heterocycles. The van der Waals surface area contributed by atoms with Crippen LogP contribution in [-0.2, 0) is 18.3 Å². The number of hydrogen-bond acceptors (Lipinski definition) is 5. The summed E-state index contributed by atoms with van der Waals surface area (Å²) in [6, 6.07) is 9.00. The first-order valence-electron chi connectivity index (χ1n) is 7.11. The number of carboxylic acid groups (broad SMARTS) is 1. The molecule has 0 aliphatic carbocycles. The third-order valence-corrected chi connectivity index (χ3v) is 3.40. The Hall–Kier alpha value is -3.23. The van der Waals surface area contributed by atoms with Crippen LogP contribution in [-0.4, -0.2) is 38.2 Å². The van der Waals surface area contributed by atoms with Crippen molar-refractivity contribution in [3.63, 3.8) is 0 Å². The number of hydrogen-bond donors (Lipinski definition) is 2. The van der Waals surface area contributed by atoms with Gasteiger partial charge in [0.2, 0.25) is 5.69 Å². The molecule has 1 atom stereocenters. The minimum absolute atomic E-state index is 0.156. The first kappa shape index (κ1) is 17.1. The molecule has 126 valence electrons. The van der Waals surface area contributed by atoms with Crippen molar-refractivity contribution in [2.75, 3.05) is 6.54 Å². The monoisotopic (exact) mass is 332 g/mol. The number of aromatic nitrogens is 2. The van der Waals surface area contributed by atoms with Gasteiger partial charge in [-0.05, 0) is 12.0 Å². The zero-order chi connectivity index (χ0) is 17.7. The molecule has 0 radical (unpaired) electrons. The van der Waals surface area contributed by atoms with E-state index in [0.717, 1.165) is 16.4 Å². The summed E-state index contributed by atoms with van der Waals surface area (Å²) in [6.07, 6.45) is 1.36. The molecule has 0 fully saturated rings. The van der Waals surface area contributed by atoms with Crippen LogP contribution in [0, 0.1) is 16.0 Å². The average Bonchev–Trinajstić information content (AvgIpc) is 2.94. The molecule has 2 rings (SSSR count). The summed E-state index contributed by atoms with van der Waals surface area (Å²) in [7, 11) is 1.46. The van der Waals surface area contributed by atoms with Gasteiger partial charge in [0, 0.05) is 13.6 Å². The van der Waals surface area contributed by atoms with Gasteiger partial charge in [-0.2, -0.15) is 5.10 Å². The van der Waals surface area contributed by atoms with E-state index in [2.05, 4.69) is 10.4 Å². The SMILES string of the molecule is Cn1cc([N+](=O)[O-])c(C(=O)NCC(Cc2ccccc2)C(=O)O)n1. The van der Waals surface area contributed by atoms with Gasteiger partial charge in [-0.1, -0.05) is 30.3 Å². The molecular weight excluding hydrogens is 316 g/mol. The molecule has 9 heteroatoms. The number of amides is 1. The summed E-state index contributed by atoms with van der Waals surface area (Å²) in [5.41, 5.74) is 0.0549. The summed E-state index contributed by atoms with van der Waals surface area (Å²) in [4.78, 5) is 33.6. The number of benzene rings is 1. The van der Waals surface area contributed by atoms with Gasteiger partial charge >= 0.3 is 11.7 Å². The van der Waals surface area contributed by atoms with Crippen LogP contribution >= 0.6 is 0 Å². The predicted octanol–water partition coefficient (Wildman–Crippen LogP) is 1.00. The van der Waals surface area contributed by atoms with E-state index in [-0.39, 0.29) is 18.7 Å². The molecule has 0 aliphatic heterocycles. The number of aliphatic carboxylic acids is 1. The minimum atomic E-state index is -1.06. The topological polar surface area (TPSA) is 127 Å². The van der Waals surface area contributed by atoms with Crippen molar-refractivity contribution in [2.45, 2.75) is 6.42 Å². The zero-order valence-electron chi connectivity index (χ0n) is 12.9. The molecule has 24 heavy (non-hydrogen) atoms. The van der Waals surface area contributed by atoms with E-state index in [4.69, 9.17) is 0 Å². The van der Waals surface area contributed by atoms with Gasteiger partial charge in [-0.3, -0.25) is 24.4 Å². The van der Waals surface area contributed by atoms with E-state index in [1.54, 1.807) is 24.3 Å². The van der Waals surface area contributed by atoms with Crippen molar-refractivity contribution in [1.82, 2.24) is 15.1 Å². The zero-order valence-corrected chi connectivity index (χ0v) is 12.9. The van der Waals surface area contributed by atoms with Crippen LogP contribution in [0.15, 0.2) is 36.5 Å². The third kappa shape index (κ3) is 4.15. The Morgan fingerprint density at radius 1 is 1.38 bits per heavy atom. The fraction of sp³-hybridized carbons (Fsp3) is 0.267. The quantitative estimate of drug-likeness (QED) is 0.575. The Morgan fingerprint density at radius 2 is 2.04 bits per heavy atom. The molecule has 0 bridgehead atoms. The van der Waals surface area contributed by atoms with Crippen LogP contribution in [0.1, 0.15) is 16.1 Å². The second kappa shape index (κ2) is 7.36. The molecule has 1 heterocycles. The van der Waals surface area contributed by atoms with E-state index in [9.17, 15) is 24.8 Å². The van der Waals surface area contributed by atoms with Crippen molar-refractivity contribution < 1.29 is 19.6 Å². The van der Waals surface area contributed by atoms with Crippen LogP contribution in [0.25, 0.3) is 0 Å². The molecule has 2 aromatic rings. The van der Waals surface area contributed by atoms with E-state index in [1.165, 1.54) is 7.05 Å². The maximum atomic E-state index is 12.1. The Kier molecular flexibility index (Phi) is 5.25. The summed E-state index contributed by atoms with van der Waals surface area (Å²) >= 11 is 0. The van der Waals surface area contributed by atoms with E-state index < -0.39 is 28.4 Å². The Labute approximate surface area is 137 Å². The van der Waals surface area contributed by atoms with Crippen molar-refractivity contribution in [3.05, 3.63) is 57.9 Å². The van der Waals surface area contributed by atoms with E-state index >= 15 is 0 Å². The molecule has 0 aliphatic rings. The first-order chi connectivity index (χ1) is 11.4. The lowest BCUT2D eigenvalue weighted by atomic mass is 9.99. The highest BCUT2D eigenvalue weighted by Gasteiger charge is 2.26. The predicted molar refractivity (Wildman–Crippen MR) is 83.5 cm³/mol. The molecule has 0 spiro atoms. The Bertz CT molecular complexity index is 756. The molecule has 1 aromatic carbocycles. The number of carbonyl (C=O) groups excluding carboxylic acids is 1. The highest BCUT2D eigenvalue weighted by Crippen LogP contribution is 2.16. The van der Waals surface area contributed by atoms with Crippen LogP contribution in [0.5, 0.6) is 0 Å². The van der Waals surface area contributed by atoms with E-state index in [0.29, 0.717) is 0 Å². The highest BCUT2D eigenvalue weighted by molar-refractivity contribution is 5.96.